The molecule has 0 aliphatic heterocycles. The molecular weight excluding hydrogens is 258 g/mol. The topological polar surface area (TPSA) is 22.1 Å². The molecule has 0 spiro atoms. The summed E-state index contributed by atoms with van der Waals surface area (Å²) in [6, 6.07) is 13.7. The van der Waals surface area contributed by atoms with E-state index < -0.39 is 0 Å². The third-order valence-corrected chi connectivity index (χ3v) is 2.97. The van der Waals surface area contributed by atoms with E-state index in [1.165, 1.54) is 19.3 Å². The van der Waals surface area contributed by atoms with E-state index in [2.05, 4.69) is 18.8 Å². The van der Waals surface area contributed by atoms with E-state index in [-0.39, 0.29) is 0 Å². The molecule has 2 aromatic rings. The van der Waals surface area contributed by atoms with Crippen LogP contribution in [0.15, 0.2) is 48.7 Å². The van der Waals surface area contributed by atoms with Gasteiger partial charge in [0.05, 0.1) is 12.8 Å². The molecule has 2 nitrogen and oxygen atoms in total. The van der Waals surface area contributed by atoms with Crippen LogP contribution in [0.25, 0.3) is 12.2 Å². The maximum Gasteiger partial charge on any atom is 0.126 e. The molecule has 1 aromatic heterocycles. The fourth-order valence-electron chi connectivity index (χ4n) is 1.81. The average molecular weight is 283 g/mol. The standard InChI is InChI=1S/C14H13NO.C5H12/c1-16-14-8-3-2-6-12(14)9-10-13-7-4-5-11-15-13;1-3-5-4-2/h2-11H,1H3;3-5H2,1-2H3/b10-9+;. The van der Waals surface area contributed by atoms with Crippen LogP contribution in [0.3, 0.4) is 0 Å². The van der Waals surface area contributed by atoms with Crippen molar-refractivity contribution in [2.24, 2.45) is 0 Å². The number of unbranched alkanes of at least 4 members (excludes halogenated alkanes) is 2. The van der Waals surface area contributed by atoms with E-state index in [1.54, 1.807) is 13.3 Å². The lowest BCUT2D eigenvalue weighted by Gasteiger charge is -2.02. The van der Waals surface area contributed by atoms with Crippen LogP contribution < -0.4 is 4.74 Å². The van der Waals surface area contributed by atoms with Gasteiger partial charge in [-0.1, -0.05) is 57.4 Å². The minimum Gasteiger partial charge on any atom is -0.496 e. The molecule has 0 aliphatic rings. The van der Waals surface area contributed by atoms with E-state index in [0.717, 1.165) is 17.0 Å². The Balaban J connectivity index is 0.000000383. The summed E-state index contributed by atoms with van der Waals surface area (Å²) < 4.78 is 5.26. The molecule has 2 rings (SSSR count). The number of nitrogens with zero attached hydrogens (tertiary/aromatic N) is 1. The van der Waals surface area contributed by atoms with Gasteiger partial charge in [0.1, 0.15) is 5.75 Å². The van der Waals surface area contributed by atoms with Gasteiger partial charge in [0.15, 0.2) is 0 Å². The Morgan fingerprint density at radius 3 is 2.24 bits per heavy atom. The molecule has 0 fully saturated rings. The highest BCUT2D eigenvalue weighted by atomic mass is 16.5. The SMILES string of the molecule is CCCCC.COc1ccccc1/C=C/c1ccccn1. The molecule has 2 heteroatoms. The first-order chi connectivity index (χ1) is 10.3. The predicted octanol–water partition coefficient (Wildman–Crippen LogP) is 5.46. The molecule has 0 N–H and O–H groups in total. The zero-order valence-corrected chi connectivity index (χ0v) is 13.3. The van der Waals surface area contributed by atoms with Crippen LogP contribution in [-0.4, -0.2) is 12.1 Å². The number of ether oxygens (including phenoxy) is 1. The zero-order valence-electron chi connectivity index (χ0n) is 13.3. The van der Waals surface area contributed by atoms with Crippen molar-refractivity contribution in [1.82, 2.24) is 4.98 Å². The highest BCUT2D eigenvalue weighted by Crippen LogP contribution is 2.19. The van der Waals surface area contributed by atoms with Gasteiger partial charge in [-0.25, -0.2) is 0 Å². The first-order valence-corrected chi connectivity index (χ1v) is 7.54. The van der Waals surface area contributed by atoms with Crippen LogP contribution in [0, 0.1) is 0 Å². The molecular formula is C19H25NO. The number of aromatic nitrogens is 1. The van der Waals surface area contributed by atoms with Crippen LogP contribution >= 0.6 is 0 Å². The third kappa shape index (κ3) is 6.75. The summed E-state index contributed by atoms with van der Waals surface area (Å²) in [6.45, 7) is 4.42. The Hall–Kier alpha value is -2.09. The molecule has 0 amide bonds. The lowest BCUT2D eigenvalue weighted by molar-refractivity contribution is 0.414. The Labute approximate surface area is 128 Å². The van der Waals surface area contributed by atoms with Crippen molar-refractivity contribution in [1.29, 1.82) is 0 Å². The van der Waals surface area contributed by atoms with E-state index in [9.17, 15) is 0 Å². The van der Waals surface area contributed by atoms with E-state index in [1.807, 2.05) is 54.6 Å². The maximum atomic E-state index is 5.26. The Morgan fingerprint density at radius 2 is 1.67 bits per heavy atom. The van der Waals surface area contributed by atoms with Gasteiger partial charge in [0.2, 0.25) is 0 Å². The number of hydrogen-bond donors (Lipinski definition) is 0. The minimum absolute atomic E-state index is 0.870. The maximum absolute atomic E-state index is 5.26. The molecule has 1 aromatic carbocycles. The fourth-order valence-corrected chi connectivity index (χ4v) is 1.81. The molecule has 0 atom stereocenters. The number of benzene rings is 1. The van der Waals surface area contributed by atoms with E-state index >= 15 is 0 Å². The van der Waals surface area contributed by atoms with Crippen LogP contribution in [0.4, 0.5) is 0 Å². The molecule has 0 saturated carbocycles. The number of rotatable bonds is 5. The van der Waals surface area contributed by atoms with Gasteiger partial charge in [-0.2, -0.15) is 0 Å². The largest absolute Gasteiger partial charge is 0.496 e. The van der Waals surface area contributed by atoms with Gasteiger partial charge in [0, 0.05) is 11.8 Å². The zero-order chi connectivity index (χ0) is 15.3. The summed E-state index contributed by atoms with van der Waals surface area (Å²) in [4.78, 5) is 4.22. The number of pyridine rings is 1. The number of methoxy groups -OCH3 is 1. The Morgan fingerprint density at radius 1 is 0.952 bits per heavy atom. The lowest BCUT2D eigenvalue weighted by Crippen LogP contribution is -1.85. The van der Waals surface area contributed by atoms with Crippen LogP contribution in [0.2, 0.25) is 0 Å². The second-order valence-corrected chi connectivity index (χ2v) is 4.68. The first-order valence-electron chi connectivity index (χ1n) is 7.54. The summed E-state index contributed by atoms with van der Waals surface area (Å²) in [5, 5.41) is 0. The molecule has 1 heterocycles. The summed E-state index contributed by atoms with van der Waals surface area (Å²) >= 11 is 0. The highest BCUT2D eigenvalue weighted by molar-refractivity contribution is 5.71. The minimum atomic E-state index is 0.870. The Bertz CT molecular complexity index is 518. The van der Waals surface area contributed by atoms with E-state index in [4.69, 9.17) is 4.74 Å². The van der Waals surface area contributed by atoms with Crippen molar-refractivity contribution in [2.45, 2.75) is 33.1 Å². The van der Waals surface area contributed by atoms with Gasteiger partial charge < -0.3 is 4.74 Å². The molecule has 0 aliphatic carbocycles. The smallest absolute Gasteiger partial charge is 0.126 e. The van der Waals surface area contributed by atoms with Gasteiger partial charge in [0.25, 0.3) is 0 Å². The molecule has 112 valence electrons. The second-order valence-electron chi connectivity index (χ2n) is 4.68. The summed E-state index contributed by atoms with van der Waals surface area (Å²) in [5.41, 5.74) is 1.99. The number of hydrogen-bond acceptors (Lipinski definition) is 2. The second kappa shape index (κ2) is 10.7. The van der Waals surface area contributed by atoms with Crippen LogP contribution in [0.5, 0.6) is 5.75 Å². The van der Waals surface area contributed by atoms with Crippen LogP contribution in [-0.2, 0) is 0 Å². The Kier molecular flexibility index (Phi) is 8.62. The van der Waals surface area contributed by atoms with Gasteiger partial charge in [-0.15, -0.1) is 0 Å². The molecule has 0 radical (unpaired) electrons. The van der Waals surface area contributed by atoms with Crippen LogP contribution in [0.1, 0.15) is 44.4 Å². The predicted molar refractivity (Wildman–Crippen MR) is 91.4 cm³/mol. The first kappa shape index (κ1) is 17.0. The third-order valence-electron chi connectivity index (χ3n) is 2.97. The van der Waals surface area contributed by atoms with Crippen molar-refractivity contribution in [2.75, 3.05) is 7.11 Å². The van der Waals surface area contributed by atoms with Gasteiger partial charge in [-0.3, -0.25) is 4.98 Å². The molecule has 0 unspecified atom stereocenters. The van der Waals surface area contributed by atoms with Crippen molar-refractivity contribution in [3.63, 3.8) is 0 Å². The number of para-hydroxylation sites is 1. The van der Waals surface area contributed by atoms with Crippen molar-refractivity contribution in [3.05, 3.63) is 59.9 Å². The van der Waals surface area contributed by atoms with Crippen molar-refractivity contribution >= 4 is 12.2 Å². The molecule has 0 bridgehead atoms. The highest BCUT2D eigenvalue weighted by Gasteiger charge is 1.96. The lowest BCUT2D eigenvalue weighted by atomic mass is 10.1. The summed E-state index contributed by atoms with van der Waals surface area (Å²) in [7, 11) is 1.67. The van der Waals surface area contributed by atoms with Gasteiger partial charge in [-0.05, 0) is 30.4 Å². The molecule has 21 heavy (non-hydrogen) atoms. The van der Waals surface area contributed by atoms with Gasteiger partial charge >= 0.3 is 0 Å². The summed E-state index contributed by atoms with van der Waals surface area (Å²) in [5.74, 6) is 0.870. The normalized spacial score (nSPS) is 10.0. The van der Waals surface area contributed by atoms with E-state index in [0.29, 0.717) is 0 Å². The van der Waals surface area contributed by atoms with Crippen molar-refractivity contribution < 1.29 is 4.74 Å². The quantitative estimate of drug-likeness (QED) is 0.727. The monoisotopic (exact) mass is 283 g/mol. The summed E-state index contributed by atoms with van der Waals surface area (Å²) in [6.07, 6.45) is 9.83. The van der Waals surface area contributed by atoms with Crippen molar-refractivity contribution in [3.8, 4) is 5.75 Å². The average Bonchev–Trinajstić information content (AvgIpc) is 2.55. The molecule has 0 saturated heterocycles. The fraction of sp³-hybridized carbons (Fsp3) is 0.316.